The summed E-state index contributed by atoms with van der Waals surface area (Å²) in [5.41, 5.74) is 8.46. The lowest BCUT2D eigenvalue weighted by Crippen LogP contribution is -2.24. The van der Waals surface area contributed by atoms with Gasteiger partial charge in [0.05, 0.1) is 23.6 Å². The van der Waals surface area contributed by atoms with E-state index in [-0.39, 0.29) is 17.5 Å². The summed E-state index contributed by atoms with van der Waals surface area (Å²) >= 11 is 0. The first kappa shape index (κ1) is 22.3. The average molecular weight is 505 g/mol. The second-order valence-electron chi connectivity index (χ2n) is 9.88. The molecule has 1 amide bonds. The van der Waals surface area contributed by atoms with E-state index in [0.29, 0.717) is 6.42 Å². The van der Waals surface area contributed by atoms with Gasteiger partial charge in [0.15, 0.2) is 0 Å². The maximum absolute atomic E-state index is 13.5. The number of carbonyl (C=O) groups excluding carboxylic acids is 1. The minimum atomic E-state index is -0.159. The zero-order chi connectivity index (χ0) is 25.8. The zero-order valence-corrected chi connectivity index (χ0v) is 20.7. The van der Waals surface area contributed by atoms with Gasteiger partial charge in [0.1, 0.15) is 12.2 Å². The molecule has 2 aromatic carbocycles. The maximum Gasteiger partial charge on any atom is 0.252 e. The van der Waals surface area contributed by atoms with Gasteiger partial charge in [0.2, 0.25) is 5.91 Å². The van der Waals surface area contributed by atoms with Crippen molar-refractivity contribution in [2.75, 3.05) is 5.32 Å². The second kappa shape index (κ2) is 8.62. The number of fused-ring (bicyclic) bond motifs is 2. The number of aromatic amines is 1. The molecule has 2 aliphatic rings. The highest BCUT2D eigenvalue weighted by Crippen LogP contribution is 2.34. The van der Waals surface area contributed by atoms with Gasteiger partial charge >= 0.3 is 0 Å². The van der Waals surface area contributed by atoms with E-state index in [2.05, 4.69) is 49.0 Å². The smallest absolute Gasteiger partial charge is 0.252 e. The minimum absolute atomic E-state index is 0.0524. The van der Waals surface area contributed by atoms with Gasteiger partial charge in [0, 0.05) is 29.4 Å². The van der Waals surface area contributed by atoms with Crippen LogP contribution < -0.4 is 10.9 Å². The van der Waals surface area contributed by atoms with E-state index in [1.807, 2.05) is 42.0 Å². The van der Waals surface area contributed by atoms with Gasteiger partial charge in [-0.15, -0.1) is 5.10 Å². The normalized spacial score (nSPS) is 16.2. The molecule has 2 N–H and O–H groups in total. The second-order valence-corrected chi connectivity index (χ2v) is 9.88. The molecule has 0 fully saturated rings. The van der Waals surface area contributed by atoms with Crippen LogP contribution in [-0.4, -0.2) is 40.6 Å². The number of benzene rings is 2. The van der Waals surface area contributed by atoms with E-state index in [9.17, 15) is 9.59 Å². The summed E-state index contributed by atoms with van der Waals surface area (Å²) in [6.07, 6.45) is 6.15. The van der Waals surface area contributed by atoms with E-state index in [4.69, 9.17) is 0 Å². The van der Waals surface area contributed by atoms with Gasteiger partial charge in [-0.25, -0.2) is 4.98 Å². The van der Waals surface area contributed by atoms with Crippen LogP contribution in [0.15, 0.2) is 65.8 Å². The number of hydrogen-bond acceptors (Lipinski definition) is 6. The number of amides is 1. The van der Waals surface area contributed by atoms with E-state index in [1.165, 1.54) is 0 Å². The number of rotatable bonds is 4. The Kier molecular flexibility index (Phi) is 5.07. The fraction of sp³-hybridized carbons (Fsp3) is 0.214. The number of nitrogens with one attached hydrogen (secondary N) is 2. The first-order valence-electron chi connectivity index (χ1n) is 12.6. The highest BCUT2D eigenvalue weighted by Gasteiger charge is 2.28. The molecule has 0 saturated carbocycles. The van der Waals surface area contributed by atoms with Crippen LogP contribution in [-0.2, 0) is 17.6 Å². The molecule has 0 saturated heterocycles. The standard InChI is InChI=1S/C28H24N8O2/c1-16-2-7-24(35-15-30-33-34-35)21(10-16)19-12-20-5-8-25(36(20)27(38)13-19)28-29-14-23(32-28)18-3-6-22-17(11-18)4-9-26(37)31-22/h2-3,6-7,10-15,25H,4-5,8-9H2,1H3,(H,29,32)(H,31,37)/t25-/m0/s1. The maximum atomic E-state index is 13.5. The van der Waals surface area contributed by atoms with Crippen LogP contribution in [0.25, 0.3) is 28.1 Å². The molecule has 38 heavy (non-hydrogen) atoms. The Morgan fingerprint density at radius 3 is 2.76 bits per heavy atom. The van der Waals surface area contributed by atoms with Crippen LogP contribution in [0.2, 0.25) is 0 Å². The summed E-state index contributed by atoms with van der Waals surface area (Å²) in [5, 5.41) is 14.5. The van der Waals surface area contributed by atoms with Gasteiger partial charge in [-0.05, 0) is 83.6 Å². The van der Waals surface area contributed by atoms with Crippen molar-refractivity contribution in [2.24, 2.45) is 0 Å². The van der Waals surface area contributed by atoms with Crippen molar-refractivity contribution >= 4 is 11.6 Å². The molecule has 5 aromatic rings. The van der Waals surface area contributed by atoms with Crippen molar-refractivity contribution in [3.63, 3.8) is 0 Å². The molecule has 5 heterocycles. The third kappa shape index (κ3) is 3.73. The molecule has 10 nitrogen and oxygen atoms in total. The van der Waals surface area contributed by atoms with Gasteiger partial charge in [-0.3, -0.25) is 9.59 Å². The van der Waals surface area contributed by atoms with Gasteiger partial charge in [-0.2, -0.15) is 4.68 Å². The summed E-state index contributed by atoms with van der Waals surface area (Å²) in [6.45, 7) is 2.02. The molecule has 188 valence electrons. The van der Waals surface area contributed by atoms with Crippen molar-refractivity contribution < 1.29 is 4.79 Å². The molecule has 1 atom stereocenters. The first-order chi connectivity index (χ1) is 18.5. The van der Waals surface area contributed by atoms with E-state index < -0.39 is 0 Å². The average Bonchev–Trinajstić information content (AvgIpc) is 3.69. The van der Waals surface area contributed by atoms with Crippen LogP contribution in [0.4, 0.5) is 5.69 Å². The lowest BCUT2D eigenvalue weighted by molar-refractivity contribution is -0.116. The highest BCUT2D eigenvalue weighted by molar-refractivity contribution is 5.94. The summed E-state index contributed by atoms with van der Waals surface area (Å²) in [7, 11) is 0. The first-order valence-corrected chi connectivity index (χ1v) is 12.6. The predicted octanol–water partition coefficient (Wildman–Crippen LogP) is 3.61. The third-order valence-electron chi connectivity index (χ3n) is 7.42. The summed E-state index contributed by atoms with van der Waals surface area (Å²) in [4.78, 5) is 33.3. The number of pyridine rings is 1. The Morgan fingerprint density at radius 2 is 1.89 bits per heavy atom. The monoisotopic (exact) mass is 504 g/mol. The Balaban J connectivity index is 1.23. The van der Waals surface area contributed by atoms with Gasteiger partial charge in [-0.1, -0.05) is 17.7 Å². The summed E-state index contributed by atoms with van der Waals surface area (Å²) in [5.74, 6) is 0.821. The van der Waals surface area contributed by atoms with Gasteiger partial charge in [0.25, 0.3) is 5.56 Å². The molecule has 10 heteroatoms. The van der Waals surface area contributed by atoms with Crippen molar-refractivity contribution in [3.8, 4) is 28.1 Å². The fourth-order valence-electron chi connectivity index (χ4n) is 5.57. The number of hydrogen-bond donors (Lipinski definition) is 2. The number of aryl methyl sites for hydroxylation is 3. The zero-order valence-electron chi connectivity index (χ0n) is 20.7. The molecule has 0 spiro atoms. The lowest BCUT2D eigenvalue weighted by Gasteiger charge is -2.17. The number of H-pyrrole nitrogens is 1. The number of aromatic nitrogens is 7. The molecule has 0 unspecified atom stereocenters. The van der Waals surface area contributed by atoms with Crippen LogP contribution in [0.1, 0.15) is 41.5 Å². The topological polar surface area (TPSA) is 123 Å². The van der Waals surface area contributed by atoms with Crippen LogP contribution in [0, 0.1) is 6.92 Å². The van der Waals surface area contributed by atoms with Crippen LogP contribution in [0.3, 0.4) is 0 Å². The van der Waals surface area contributed by atoms with Crippen LogP contribution in [0.5, 0.6) is 0 Å². The molecular weight excluding hydrogens is 480 g/mol. The minimum Gasteiger partial charge on any atom is -0.340 e. The quantitative estimate of drug-likeness (QED) is 0.385. The largest absolute Gasteiger partial charge is 0.340 e. The Morgan fingerprint density at radius 1 is 0.974 bits per heavy atom. The summed E-state index contributed by atoms with van der Waals surface area (Å²) < 4.78 is 3.46. The number of imidazole rings is 1. The molecule has 3 aromatic heterocycles. The number of tetrazole rings is 1. The van der Waals surface area contributed by atoms with E-state index in [1.54, 1.807) is 17.1 Å². The molecule has 0 radical (unpaired) electrons. The van der Waals surface area contributed by atoms with Crippen molar-refractivity contribution in [3.05, 3.63) is 94.1 Å². The molecule has 0 aliphatic carbocycles. The Labute approximate surface area is 217 Å². The van der Waals surface area contributed by atoms with Crippen LogP contribution >= 0.6 is 0 Å². The SMILES string of the molecule is Cc1ccc(-n2cnnn2)c(-c2cc3n(c(=O)c2)[C@H](c2ncc(-c4ccc5c(c4)CCC(=O)N5)[nH]2)CC3)c1. The number of nitrogens with zero attached hydrogens (tertiary/aromatic N) is 6. The third-order valence-corrected chi connectivity index (χ3v) is 7.42. The molecular formula is C28H24N8O2. The fourth-order valence-corrected chi connectivity index (χ4v) is 5.57. The Bertz CT molecular complexity index is 1770. The molecule has 7 rings (SSSR count). The van der Waals surface area contributed by atoms with Crippen molar-refractivity contribution in [1.29, 1.82) is 0 Å². The predicted molar refractivity (Wildman–Crippen MR) is 141 cm³/mol. The summed E-state index contributed by atoms with van der Waals surface area (Å²) in [6, 6.07) is 15.7. The molecule has 2 aliphatic heterocycles. The molecule has 0 bridgehead atoms. The lowest BCUT2D eigenvalue weighted by atomic mass is 9.99. The van der Waals surface area contributed by atoms with E-state index >= 15 is 0 Å². The van der Waals surface area contributed by atoms with E-state index in [0.717, 1.165) is 75.7 Å². The van der Waals surface area contributed by atoms with Crippen molar-refractivity contribution in [2.45, 2.75) is 38.6 Å². The number of carbonyl (C=O) groups is 1. The number of anilines is 1. The Hall–Kier alpha value is -4.86. The highest BCUT2D eigenvalue weighted by atomic mass is 16.1. The van der Waals surface area contributed by atoms with Crippen molar-refractivity contribution in [1.82, 2.24) is 34.7 Å². The van der Waals surface area contributed by atoms with Gasteiger partial charge < -0.3 is 14.9 Å².